The second-order valence-electron chi connectivity index (χ2n) is 3.83. The van der Waals surface area contributed by atoms with Gasteiger partial charge in [0.2, 0.25) is 0 Å². The fourth-order valence-electron chi connectivity index (χ4n) is 1.58. The maximum Gasteiger partial charge on any atom is 0.339 e. The molecule has 2 aromatic rings. The summed E-state index contributed by atoms with van der Waals surface area (Å²) in [6.45, 7) is -0.0866. The van der Waals surface area contributed by atoms with Crippen molar-refractivity contribution >= 4 is 17.6 Å². The van der Waals surface area contributed by atoms with Crippen molar-refractivity contribution in [1.29, 1.82) is 0 Å². The Morgan fingerprint density at radius 2 is 2.00 bits per heavy atom. The molecule has 0 spiro atoms. The molecule has 0 aromatic heterocycles. The third kappa shape index (κ3) is 3.23. The number of hydrogen-bond donors (Lipinski definition) is 1. The summed E-state index contributed by atoms with van der Waals surface area (Å²) in [5.41, 5.74) is 0.303. The number of para-hydroxylation sites is 1. The average Bonchev–Trinajstić information content (AvgIpc) is 2.40. The summed E-state index contributed by atoms with van der Waals surface area (Å²) in [6.07, 6.45) is 0. The standard InChI is InChI=1S/C14H10ClFO3/c15-10-5-6-12(16)9(7-10)8-19-13-4-2-1-3-11(13)14(17)18/h1-7H,8H2,(H,17,18). The van der Waals surface area contributed by atoms with Gasteiger partial charge in [-0.15, -0.1) is 0 Å². The summed E-state index contributed by atoms with van der Waals surface area (Å²) in [4.78, 5) is 11.0. The minimum atomic E-state index is -1.10. The number of halogens is 2. The van der Waals surface area contributed by atoms with Crippen molar-refractivity contribution in [2.75, 3.05) is 0 Å². The number of carboxylic acids is 1. The summed E-state index contributed by atoms with van der Waals surface area (Å²) in [5.74, 6) is -1.35. The Labute approximate surface area is 114 Å². The fourth-order valence-corrected chi connectivity index (χ4v) is 1.77. The Morgan fingerprint density at radius 3 is 2.74 bits per heavy atom. The van der Waals surface area contributed by atoms with Gasteiger partial charge in [0.25, 0.3) is 0 Å². The lowest BCUT2D eigenvalue weighted by Gasteiger charge is -2.09. The van der Waals surface area contributed by atoms with Crippen LogP contribution in [0, 0.1) is 5.82 Å². The topological polar surface area (TPSA) is 46.5 Å². The van der Waals surface area contributed by atoms with Gasteiger partial charge >= 0.3 is 5.97 Å². The largest absolute Gasteiger partial charge is 0.488 e. The highest BCUT2D eigenvalue weighted by Crippen LogP contribution is 2.21. The van der Waals surface area contributed by atoms with Gasteiger partial charge in [0.1, 0.15) is 23.7 Å². The molecule has 0 amide bonds. The molecule has 0 aliphatic carbocycles. The van der Waals surface area contributed by atoms with E-state index in [0.717, 1.165) is 0 Å². The lowest BCUT2D eigenvalue weighted by Crippen LogP contribution is -2.04. The van der Waals surface area contributed by atoms with Crippen LogP contribution >= 0.6 is 11.6 Å². The molecule has 1 N–H and O–H groups in total. The summed E-state index contributed by atoms with van der Waals surface area (Å²) < 4.78 is 18.8. The van der Waals surface area contributed by atoms with Crippen molar-refractivity contribution in [3.05, 3.63) is 64.4 Å². The minimum absolute atomic E-state index is 0.0323. The van der Waals surface area contributed by atoms with E-state index >= 15 is 0 Å². The molecule has 98 valence electrons. The zero-order valence-corrected chi connectivity index (χ0v) is 10.5. The van der Waals surface area contributed by atoms with Crippen molar-refractivity contribution in [3.8, 4) is 5.75 Å². The van der Waals surface area contributed by atoms with Crippen LogP contribution in [0.4, 0.5) is 4.39 Å². The smallest absolute Gasteiger partial charge is 0.339 e. The number of carbonyl (C=O) groups is 1. The van der Waals surface area contributed by atoms with Crippen LogP contribution in [0.15, 0.2) is 42.5 Å². The van der Waals surface area contributed by atoms with E-state index in [1.54, 1.807) is 12.1 Å². The molecule has 5 heteroatoms. The monoisotopic (exact) mass is 280 g/mol. The van der Waals surface area contributed by atoms with Crippen LogP contribution < -0.4 is 4.74 Å². The van der Waals surface area contributed by atoms with E-state index in [1.807, 2.05) is 0 Å². The molecular formula is C14H10ClFO3. The van der Waals surface area contributed by atoms with Gasteiger partial charge in [0.05, 0.1) is 0 Å². The first-order valence-corrected chi connectivity index (χ1v) is 5.85. The van der Waals surface area contributed by atoms with E-state index in [9.17, 15) is 9.18 Å². The maximum absolute atomic E-state index is 13.5. The zero-order chi connectivity index (χ0) is 13.8. The second kappa shape index (κ2) is 5.71. The molecule has 3 nitrogen and oxygen atoms in total. The highest BCUT2D eigenvalue weighted by molar-refractivity contribution is 6.30. The normalized spacial score (nSPS) is 10.2. The Morgan fingerprint density at radius 1 is 1.26 bits per heavy atom. The molecule has 0 atom stereocenters. The van der Waals surface area contributed by atoms with E-state index in [1.165, 1.54) is 30.3 Å². The van der Waals surface area contributed by atoms with Crippen LogP contribution in [-0.2, 0) is 6.61 Å². The van der Waals surface area contributed by atoms with Crippen LogP contribution in [0.25, 0.3) is 0 Å². The van der Waals surface area contributed by atoms with Crippen LogP contribution in [-0.4, -0.2) is 11.1 Å². The van der Waals surface area contributed by atoms with Crippen LogP contribution in [0.3, 0.4) is 0 Å². The molecule has 0 aliphatic rings. The molecule has 0 saturated carbocycles. The maximum atomic E-state index is 13.5. The predicted octanol–water partition coefficient (Wildman–Crippen LogP) is 3.76. The fraction of sp³-hybridized carbons (Fsp3) is 0.0714. The molecule has 0 heterocycles. The van der Waals surface area contributed by atoms with E-state index in [2.05, 4.69) is 0 Å². The molecular weight excluding hydrogens is 271 g/mol. The van der Waals surface area contributed by atoms with Crippen molar-refractivity contribution in [2.45, 2.75) is 6.61 Å². The van der Waals surface area contributed by atoms with E-state index in [0.29, 0.717) is 5.02 Å². The van der Waals surface area contributed by atoms with Gasteiger partial charge in [0.15, 0.2) is 0 Å². The van der Waals surface area contributed by atoms with Crippen molar-refractivity contribution in [3.63, 3.8) is 0 Å². The molecule has 19 heavy (non-hydrogen) atoms. The van der Waals surface area contributed by atoms with E-state index < -0.39 is 11.8 Å². The Hall–Kier alpha value is -2.07. The summed E-state index contributed by atoms with van der Waals surface area (Å²) in [5, 5.41) is 9.38. The van der Waals surface area contributed by atoms with Gasteiger partial charge < -0.3 is 9.84 Å². The Balaban J connectivity index is 2.19. The summed E-state index contributed by atoms with van der Waals surface area (Å²) >= 11 is 5.76. The van der Waals surface area contributed by atoms with Crippen molar-refractivity contribution < 1.29 is 19.0 Å². The van der Waals surface area contributed by atoms with Crippen LogP contribution in [0.5, 0.6) is 5.75 Å². The van der Waals surface area contributed by atoms with Gasteiger partial charge in [0, 0.05) is 10.6 Å². The van der Waals surface area contributed by atoms with Crippen molar-refractivity contribution in [1.82, 2.24) is 0 Å². The summed E-state index contributed by atoms with van der Waals surface area (Å²) in [7, 11) is 0. The van der Waals surface area contributed by atoms with E-state index in [-0.39, 0.29) is 23.5 Å². The number of aromatic carboxylic acids is 1. The number of carboxylic acid groups (broad SMARTS) is 1. The molecule has 2 aromatic carbocycles. The summed E-state index contributed by atoms with van der Waals surface area (Å²) in [6, 6.07) is 10.3. The Kier molecular flexibility index (Phi) is 4.02. The lowest BCUT2D eigenvalue weighted by atomic mass is 10.2. The molecule has 0 bridgehead atoms. The third-order valence-corrected chi connectivity index (χ3v) is 2.74. The van der Waals surface area contributed by atoms with Gasteiger partial charge in [-0.25, -0.2) is 9.18 Å². The molecule has 0 radical (unpaired) electrons. The Bertz CT molecular complexity index is 613. The number of hydrogen-bond acceptors (Lipinski definition) is 2. The first-order valence-electron chi connectivity index (χ1n) is 5.47. The highest BCUT2D eigenvalue weighted by atomic mass is 35.5. The second-order valence-corrected chi connectivity index (χ2v) is 4.26. The molecule has 0 saturated heterocycles. The minimum Gasteiger partial charge on any atom is -0.488 e. The molecule has 0 unspecified atom stereocenters. The van der Waals surface area contributed by atoms with Crippen LogP contribution in [0.1, 0.15) is 15.9 Å². The van der Waals surface area contributed by atoms with E-state index in [4.69, 9.17) is 21.4 Å². The molecule has 2 rings (SSSR count). The number of ether oxygens (including phenoxy) is 1. The zero-order valence-electron chi connectivity index (χ0n) is 9.77. The SMILES string of the molecule is O=C(O)c1ccccc1OCc1cc(Cl)ccc1F. The highest BCUT2D eigenvalue weighted by Gasteiger charge is 2.11. The number of benzene rings is 2. The molecule has 0 aliphatic heterocycles. The van der Waals surface area contributed by atoms with Crippen LogP contribution in [0.2, 0.25) is 5.02 Å². The first kappa shape index (κ1) is 13.4. The first-order chi connectivity index (χ1) is 9.08. The predicted molar refractivity (Wildman–Crippen MR) is 69.1 cm³/mol. The number of rotatable bonds is 4. The molecule has 0 fully saturated rings. The average molecular weight is 281 g/mol. The quantitative estimate of drug-likeness (QED) is 0.927. The van der Waals surface area contributed by atoms with Gasteiger partial charge in [-0.05, 0) is 30.3 Å². The van der Waals surface area contributed by atoms with Gasteiger partial charge in [-0.2, -0.15) is 0 Å². The van der Waals surface area contributed by atoms with Crippen molar-refractivity contribution in [2.24, 2.45) is 0 Å². The third-order valence-electron chi connectivity index (χ3n) is 2.51. The van der Waals surface area contributed by atoms with Gasteiger partial charge in [-0.3, -0.25) is 0 Å². The lowest BCUT2D eigenvalue weighted by molar-refractivity contribution is 0.0691. The van der Waals surface area contributed by atoms with Gasteiger partial charge in [-0.1, -0.05) is 23.7 Å².